The van der Waals surface area contributed by atoms with Crippen LogP contribution in [-0.2, 0) is 0 Å². The zero-order valence-corrected chi connectivity index (χ0v) is 7.60. The van der Waals surface area contributed by atoms with Gasteiger partial charge in [-0.1, -0.05) is 0 Å². The van der Waals surface area contributed by atoms with Gasteiger partial charge >= 0.3 is 0 Å². The van der Waals surface area contributed by atoms with Crippen LogP contribution in [0.2, 0.25) is 0 Å². The summed E-state index contributed by atoms with van der Waals surface area (Å²) < 4.78 is 0. The third-order valence-electron chi connectivity index (χ3n) is 1.46. The molecule has 0 aliphatic rings. The molecule has 1 rings (SSSR count). The first-order valence-electron chi connectivity index (χ1n) is 3.76. The lowest BCUT2D eigenvalue weighted by Gasteiger charge is -1.98. The number of H-pyrrole nitrogens is 1. The number of rotatable bonds is 4. The minimum Gasteiger partial charge on any atom is -0.350 e. The summed E-state index contributed by atoms with van der Waals surface area (Å²) >= 11 is 5.38. The fraction of sp³-hybridized carbons (Fsp3) is 0.250. The van der Waals surface area contributed by atoms with E-state index in [-0.39, 0.29) is 5.91 Å². The van der Waals surface area contributed by atoms with Crippen molar-refractivity contribution < 1.29 is 9.59 Å². The predicted octanol–water partition coefficient (Wildman–Crippen LogP) is 0.796. The highest BCUT2D eigenvalue weighted by Gasteiger charge is 2.06. The molecule has 0 radical (unpaired) electrons. The van der Waals surface area contributed by atoms with Crippen LogP contribution in [0, 0.1) is 0 Å². The summed E-state index contributed by atoms with van der Waals surface area (Å²) in [5.74, 6) is 0.112. The van der Waals surface area contributed by atoms with Crippen molar-refractivity contribution in [3.05, 3.63) is 23.5 Å². The first-order valence-corrected chi connectivity index (χ1v) is 4.29. The molecular formula is C8H9ClN2O2. The van der Waals surface area contributed by atoms with Crippen molar-refractivity contribution in [1.82, 2.24) is 10.3 Å². The summed E-state index contributed by atoms with van der Waals surface area (Å²) in [5.41, 5.74) is 0.753. The van der Waals surface area contributed by atoms with E-state index >= 15 is 0 Å². The van der Waals surface area contributed by atoms with Crippen LogP contribution in [0.3, 0.4) is 0 Å². The summed E-state index contributed by atoms with van der Waals surface area (Å²) in [6.45, 7) is 0.413. The average Bonchev–Trinajstić information content (AvgIpc) is 2.62. The monoisotopic (exact) mass is 200 g/mol. The van der Waals surface area contributed by atoms with Crippen molar-refractivity contribution in [3.63, 3.8) is 0 Å². The highest BCUT2D eigenvalue weighted by molar-refractivity contribution is 6.18. The van der Waals surface area contributed by atoms with Crippen molar-refractivity contribution in [2.75, 3.05) is 12.4 Å². The molecule has 1 aromatic heterocycles. The molecule has 1 aromatic rings. The number of hydrogen-bond acceptors (Lipinski definition) is 2. The Morgan fingerprint density at radius 3 is 2.92 bits per heavy atom. The molecule has 70 valence electrons. The summed E-state index contributed by atoms with van der Waals surface area (Å²) in [7, 11) is 0. The Kier molecular flexibility index (Phi) is 3.52. The molecular weight excluding hydrogens is 192 g/mol. The number of aromatic nitrogens is 1. The van der Waals surface area contributed by atoms with Crippen LogP contribution in [-0.4, -0.2) is 29.6 Å². The fourth-order valence-corrected chi connectivity index (χ4v) is 0.964. The molecule has 0 saturated heterocycles. The molecule has 0 fully saturated rings. The lowest BCUT2D eigenvalue weighted by Crippen LogP contribution is -2.25. The van der Waals surface area contributed by atoms with Gasteiger partial charge in [0.2, 0.25) is 0 Å². The van der Waals surface area contributed by atoms with E-state index in [9.17, 15) is 9.59 Å². The maximum atomic E-state index is 11.2. The largest absolute Gasteiger partial charge is 0.350 e. The number of nitrogens with one attached hydrogen (secondary N) is 2. The topological polar surface area (TPSA) is 62.0 Å². The SMILES string of the molecule is O=Cc1ccc(C(=O)NCCCl)[nH]1. The minimum absolute atomic E-state index is 0.256. The first-order chi connectivity index (χ1) is 6.27. The van der Waals surface area contributed by atoms with Crippen molar-refractivity contribution in [2.45, 2.75) is 0 Å². The number of carbonyl (C=O) groups is 2. The van der Waals surface area contributed by atoms with Crippen LogP contribution in [0.4, 0.5) is 0 Å². The van der Waals surface area contributed by atoms with Gasteiger partial charge in [-0.15, -0.1) is 11.6 Å². The molecule has 1 heterocycles. The number of amides is 1. The van der Waals surface area contributed by atoms with Crippen LogP contribution < -0.4 is 5.32 Å². The minimum atomic E-state index is -0.256. The van der Waals surface area contributed by atoms with E-state index < -0.39 is 0 Å². The number of carbonyl (C=O) groups excluding carboxylic acids is 2. The Bertz CT molecular complexity index is 309. The second-order valence-corrected chi connectivity index (χ2v) is 2.77. The quantitative estimate of drug-likeness (QED) is 0.558. The van der Waals surface area contributed by atoms with E-state index in [1.165, 1.54) is 0 Å². The molecule has 0 saturated carbocycles. The van der Waals surface area contributed by atoms with Gasteiger partial charge in [0, 0.05) is 12.4 Å². The number of aromatic amines is 1. The zero-order valence-electron chi connectivity index (χ0n) is 6.84. The van der Waals surface area contributed by atoms with Crippen molar-refractivity contribution in [3.8, 4) is 0 Å². The molecule has 2 N–H and O–H groups in total. The predicted molar refractivity (Wildman–Crippen MR) is 49.2 cm³/mol. The molecule has 4 nitrogen and oxygen atoms in total. The third kappa shape index (κ3) is 2.59. The third-order valence-corrected chi connectivity index (χ3v) is 1.65. The Morgan fingerprint density at radius 2 is 2.38 bits per heavy atom. The molecule has 0 atom stereocenters. The van der Waals surface area contributed by atoms with Crippen LogP contribution in [0.1, 0.15) is 21.0 Å². The van der Waals surface area contributed by atoms with E-state index in [1.54, 1.807) is 12.1 Å². The Labute approximate surface area is 80.3 Å². The Hall–Kier alpha value is -1.29. The van der Waals surface area contributed by atoms with Gasteiger partial charge in [0.05, 0.1) is 5.69 Å². The smallest absolute Gasteiger partial charge is 0.267 e. The van der Waals surface area contributed by atoms with Crippen LogP contribution in [0.5, 0.6) is 0 Å². The first kappa shape index (κ1) is 9.80. The number of aldehydes is 1. The standard InChI is InChI=1S/C8H9ClN2O2/c9-3-4-10-8(13)7-2-1-6(5-12)11-7/h1-2,5,11H,3-4H2,(H,10,13). The van der Waals surface area contributed by atoms with Crippen molar-refractivity contribution in [2.24, 2.45) is 0 Å². The van der Waals surface area contributed by atoms with Crippen LogP contribution in [0.25, 0.3) is 0 Å². The summed E-state index contributed by atoms with van der Waals surface area (Å²) in [5, 5.41) is 2.57. The molecule has 0 aliphatic heterocycles. The van der Waals surface area contributed by atoms with Gasteiger partial charge in [0.1, 0.15) is 5.69 Å². The van der Waals surface area contributed by atoms with E-state index in [0.29, 0.717) is 30.1 Å². The maximum Gasteiger partial charge on any atom is 0.267 e. The van der Waals surface area contributed by atoms with E-state index in [4.69, 9.17) is 11.6 Å². The van der Waals surface area contributed by atoms with Gasteiger partial charge in [-0.3, -0.25) is 9.59 Å². The van der Waals surface area contributed by atoms with Crippen molar-refractivity contribution in [1.29, 1.82) is 0 Å². The molecule has 0 aromatic carbocycles. The van der Waals surface area contributed by atoms with Crippen LogP contribution in [0.15, 0.2) is 12.1 Å². The molecule has 1 amide bonds. The Balaban J connectivity index is 2.60. The fourth-order valence-electron chi connectivity index (χ4n) is 0.869. The second-order valence-electron chi connectivity index (χ2n) is 2.39. The van der Waals surface area contributed by atoms with Gasteiger partial charge in [-0.2, -0.15) is 0 Å². The van der Waals surface area contributed by atoms with Crippen LogP contribution >= 0.6 is 11.6 Å². The summed E-state index contributed by atoms with van der Waals surface area (Å²) in [6, 6.07) is 3.09. The number of alkyl halides is 1. The van der Waals surface area contributed by atoms with Gasteiger partial charge in [0.25, 0.3) is 5.91 Å². The second kappa shape index (κ2) is 4.67. The Morgan fingerprint density at radius 1 is 1.62 bits per heavy atom. The van der Waals surface area contributed by atoms with E-state index in [2.05, 4.69) is 10.3 Å². The molecule has 0 unspecified atom stereocenters. The summed E-state index contributed by atoms with van der Waals surface area (Å²) in [6.07, 6.45) is 0.651. The number of hydrogen-bond donors (Lipinski definition) is 2. The highest BCUT2D eigenvalue weighted by atomic mass is 35.5. The van der Waals surface area contributed by atoms with E-state index in [0.717, 1.165) is 0 Å². The van der Waals surface area contributed by atoms with Crippen molar-refractivity contribution >= 4 is 23.8 Å². The number of halogens is 1. The lowest BCUT2D eigenvalue weighted by atomic mass is 10.4. The molecule has 0 spiro atoms. The van der Waals surface area contributed by atoms with Gasteiger partial charge in [0.15, 0.2) is 6.29 Å². The summed E-state index contributed by atoms with van der Waals surface area (Å²) in [4.78, 5) is 24.1. The van der Waals surface area contributed by atoms with E-state index in [1.807, 2.05) is 0 Å². The highest BCUT2D eigenvalue weighted by Crippen LogP contribution is 1.98. The molecule has 0 aliphatic carbocycles. The molecule has 5 heteroatoms. The zero-order chi connectivity index (χ0) is 9.68. The maximum absolute atomic E-state index is 11.2. The normalized spacial score (nSPS) is 9.62. The van der Waals surface area contributed by atoms with Gasteiger partial charge in [-0.05, 0) is 12.1 Å². The molecule has 0 bridgehead atoms. The average molecular weight is 201 g/mol. The molecule has 13 heavy (non-hydrogen) atoms. The van der Waals surface area contributed by atoms with Gasteiger partial charge < -0.3 is 10.3 Å². The van der Waals surface area contributed by atoms with Gasteiger partial charge in [-0.25, -0.2) is 0 Å². The lowest BCUT2D eigenvalue weighted by molar-refractivity contribution is 0.0951.